The Hall–Kier alpha value is -1.00. The number of halogens is 2. The van der Waals surface area contributed by atoms with Gasteiger partial charge in [-0.2, -0.15) is 0 Å². The van der Waals surface area contributed by atoms with Crippen LogP contribution < -0.4 is 5.32 Å². The molecule has 1 aromatic rings. The molecule has 4 heteroatoms. The second-order valence-corrected chi connectivity index (χ2v) is 4.30. The molecule has 1 aliphatic heterocycles. The predicted octanol–water partition coefficient (Wildman–Crippen LogP) is 1.76. The summed E-state index contributed by atoms with van der Waals surface area (Å²) in [6, 6.07) is 4.11. The molecule has 1 aliphatic rings. The van der Waals surface area contributed by atoms with Crippen LogP contribution in [0.2, 0.25) is 0 Å². The Morgan fingerprint density at radius 2 is 2.00 bits per heavy atom. The number of hydrogen-bond acceptors (Lipinski definition) is 2. The number of rotatable bonds is 2. The van der Waals surface area contributed by atoms with Crippen LogP contribution in [0.5, 0.6) is 0 Å². The number of nitrogens with zero attached hydrogens (tertiary/aromatic N) is 1. The minimum absolute atomic E-state index is 0.403. The zero-order valence-electron chi connectivity index (χ0n) is 9.34. The van der Waals surface area contributed by atoms with E-state index in [-0.39, 0.29) is 0 Å². The minimum Gasteiger partial charge on any atom is -0.314 e. The van der Waals surface area contributed by atoms with Crippen molar-refractivity contribution in [1.82, 2.24) is 10.2 Å². The normalized spacial score (nSPS) is 22.3. The van der Waals surface area contributed by atoms with E-state index < -0.39 is 11.6 Å². The second kappa shape index (κ2) is 4.89. The fraction of sp³-hybridized carbons (Fsp3) is 0.500. The zero-order valence-corrected chi connectivity index (χ0v) is 9.34. The van der Waals surface area contributed by atoms with Crippen LogP contribution >= 0.6 is 0 Å². The maximum Gasteiger partial charge on any atom is 0.126 e. The van der Waals surface area contributed by atoms with Crippen molar-refractivity contribution in [2.24, 2.45) is 0 Å². The number of hydrogen-bond donors (Lipinski definition) is 1. The number of nitrogens with one attached hydrogen (secondary N) is 1. The molecule has 1 aromatic carbocycles. The Bertz CT molecular complexity index is 348. The summed E-state index contributed by atoms with van der Waals surface area (Å²) in [6.07, 6.45) is 0. The van der Waals surface area contributed by atoms with Gasteiger partial charge in [0.25, 0.3) is 0 Å². The van der Waals surface area contributed by atoms with Crippen molar-refractivity contribution in [2.45, 2.75) is 19.5 Å². The van der Waals surface area contributed by atoms with Crippen LogP contribution in [0.1, 0.15) is 12.5 Å². The standard InChI is InChI=1S/C12H16F2N2/c1-9-7-15-2-3-16(9)8-10-4-11(13)6-12(14)5-10/h4-6,9,15H,2-3,7-8H2,1H3/t9-/m1/s1. The van der Waals surface area contributed by atoms with Crippen LogP contribution in [0, 0.1) is 11.6 Å². The van der Waals surface area contributed by atoms with Crippen LogP contribution in [-0.4, -0.2) is 30.6 Å². The summed E-state index contributed by atoms with van der Waals surface area (Å²) in [5.74, 6) is -1.00. The minimum atomic E-state index is -0.502. The van der Waals surface area contributed by atoms with Crippen LogP contribution in [0.3, 0.4) is 0 Å². The topological polar surface area (TPSA) is 15.3 Å². The van der Waals surface area contributed by atoms with Crippen molar-refractivity contribution < 1.29 is 8.78 Å². The average Bonchev–Trinajstić information content (AvgIpc) is 2.20. The van der Waals surface area contributed by atoms with Gasteiger partial charge in [0.05, 0.1) is 0 Å². The molecule has 1 atom stereocenters. The molecule has 2 nitrogen and oxygen atoms in total. The first-order valence-corrected chi connectivity index (χ1v) is 5.55. The highest BCUT2D eigenvalue weighted by Crippen LogP contribution is 2.13. The monoisotopic (exact) mass is 226 g/mol. The van der Waals surface area contributed by atoms with E-state index >= 15 is 0 Å². The SMILES string of the molecule is C[C@@H]1CNCCN1Cc1cc(F)cc(F)c1. The maximum absolute atomic E-state index is 13.0. The van der Waals surface area contributed by atoms with Crippen molar-refractivity contribution in [3.63, 3.8) is 0 Å². The highest BCUT2D eigenvalue weighted by Gasteiger charge is 2.18. The van der Waals surface area contributed by atoms with Gasteiger partial charge in [-0.15, -0.1) is 0 Å². The maximum atomic E-state index is 13.0. The lowest BCUT2D eigenvalue weighted by atomic mass is 10.1. The van der Waals surface area contributed by atoms with Crippen molar-refractivity contribution >= 4 is 0 Å². The Morgan fingerprint density at radius 1 is 1.31 bits per heavy atom. The first-order chi connectivity index (χ1) is 7.65. The molecular formula is C12H16F2N2. The van der Waals surface area contributed by atoms with Crippen LogP contribution in [0.4, 0.5) is 8.78 Å². The quantitative estimate of drug-likeness (QED) is 0.826. The number of piperazine rings is 1. The van der Waals surface area contributed by atoms with Crippen LogP contribution in [0.25, 0.3) is 0 Å². The largest absolute Gasteiger partial charge is 0.314 e. The molecule has 0 saturated carbocycles. The molecule has 1 fully saturated rings. The summed E-state index contributed by atoms with van der Waals surface area (Å²) in [6.45, 7) is 5.50. The van der Waals surface area contributed by atoms with Crippen molar-refractivity contribution in [1.29, 1.82) is 0 Å². The van der Waals surface area contributed by atoms with E-state index in [1.807, 2.05) is 0 Å². The summed E-state index contributed by atoms with van der Waals surface area (Å²) in [5, 5.41) is 3.28. The zero-order chi connectivity index (χ0) is 11.5. The summed E-state index contributed by atoms with van der Waals surface area (Å²) >= 11 is 0. The molecule has 16 heavy (non-hydrogen) atoms. The van der Waals surface area contributed by atoms with E-state index in [0.717, 1.165) is 25.7 Å². The highest BCUT2D eigenvalue weighted by molar-refractivity contribution is 5.18. The molecule has 1 saturated heterocycles. The molecule has 0 radical (unpaired) electrons. The summed E-state index contributed by atoms with van der Waals surface area (Å²) in [5.41, 5.74) is 0.700. The van der Waals surface area contributed by atoms with Crippen molar-refractivity contribution in [2.75, 3.05) is 19.6 Å². The lowest BCUT2D eigenvalue weighted by Gasteiger charge is -2.33. The fourth-order valence-electron chi connectivity index (χ4n) is 2.05. The molecule has 0 aromatic heterocycles. The lowest BCUT2D eigenvalue weighted by Crippen LogP contribution is -2.49. The molecule has 2 rings (SSSR count). The van der Waals surface area contributed by atoms with Gasteiger partial charge < -0.3 is 5.32 Å². The van der Waals surface area contributed by atoms with Crippen molar-refractivity contribution in [3.05, 3.63) is 35.4 Å². The Labute approximate surface area is 94.3 Å². The molecule has 1 N–H and O–H groups in total. The van der Waals surface area contributed by atoms with E-state index in [4.69, 9.17) is 0 Å². The summed E-state index contributed by atoms with van der Waals surface area (Å²) < 4.78 is 26.0. The van der Waals surface area contributed by atoms with Crippen molar-refractivity contribution in [3.8, 4) is 0 Å². The van der Waals surface area contributed by atoms with E-state index in [9.17, 15) is 8.78 Å². The Balaban J connectivity index is 2.07. The third kappa shape index (κ3) is 2.77. The van der Waals surface area contributed by atoms with Gasteiger partial charge in [-0.25, -0.2) is 8.78 Å². The predicted molar refractivity (Wildman–Crippen MR) is 59.1 cm³/mol. The smallest absolute Gasteiger partial charge is 0.126 e. The first kappa shape index (κ1) is 11.5. The van der Waals surface area contributed by atoms with Gasteiger partial charge in [0, 0.05) is 38.3 Å². The molecule has 0 aliphatic carbocycles. The van der Waals surface area contributed by atoms with Gasteiger partial charge in [-0.1, -0.05) is 0 Å². The lowest BCUT2D eigenvalue weighted by molar-refractivity contribution is 0.165. The molecule has 0 amide bonds. The van der Waals surface area contributed by atoms with E-state index in [1.54, 1.807) is 0 Å². The molecule has 0 unspecified atom stereocenters. The number of benzene rings is 1. The molecule has 0 bridgehead atoms. The van der Waals surface area contributed by atoms with Crippen LogP contribution in [-0.2, 0) is 6.54 Å². The Morgan fingerprint density at radius 3 is 2.62 bits per heavy atom. The summed E-state index contributed by atoms with van der Waals surface area (Å²) in [4.78, 5) is 2.23. The Kier molecular flexibility index (Phi) is 3.51. The third-order valence-electron chi connectivity index (χ3n) is 2.95. The first-order valence-electron chi connectivity index (χ1n) is 5.55. The van der Waals surface area contributed by atoms with E-state index in [1.165, 1.54) is 12.1 Å². The second-order valence-electron chi connectivity index (χ2n) is 4.30. The van der Waals surface area contributed by atoms with E-state index in [2.05, 4.69) is 17.1 Å². The molecule has 88 valence electrons. The van der Waals surface area contributed by atoms with Gasteiger partial charge in [0.2, 0.25) is 0 Å². The molecular weight excluding hydrogens is 210 g/mol. The third-order valence-corrected chi connectivity index (χ3v) is 2.95. The molecule has 0 spiro atoms. The molecule has 1 heterocycles. The highest BCUT2D eigenvalue weighted by atomic mass is 19.1. The van der Waals surface area contributed by atoms with Gasteiger partial charge >= 0.3 is 0 Å². The fourth-order valence-corrected chi connectivity index (χ4v) is 2.05. The van der Waals surface area contributed by atoms with E-state index in [0.29, 0.717) is 18.2 Å². The average molecular weight is 226 g/mol. The van der Waals surface area contributed by atoms with Gasteiger partial charge in [0.15, 0.2) is 0 Å². The van der Waals surface area contributed by atoms with Gasteiger partial charge in [-0.05, 0) is 24.6 Å². The summed E-state index contributed by atoms with van der Waals surface area (Å²) in [7, 11) is 0. The van der Waals surface area contributed by atoms with Gasteiger partial charge in [0.1, 0.15) is 11.6 Å². The van der Waals surface area contributed by atoms with Gasteiger partial charge in [-0.3, -0.25) is 4.90 Å². The van der Waals surface area contributed by atoms with Crippen LogP contribution in [0.15, 0.2) is 18.2 Å².